The Balaban J connectivity index is 1.65. The van der Waals surface area contributed by atoms with Crippen LogP contribution in [0.2, 0.25) is 0 Å². The predicted octanol–water partition coefficient (Wildman–Crippen LogP) is 3.18. The zero-order valence-electron chi connectivity index (χ0n) is 12.9. The first kappa shape index (κ1) is 14.8. The smallest absolute Gasteiger partial charge is 0.334 e. The predicted molar refractivity (Wildman–Crippen MR) is 91.2 cm³/mol. The highest BCUT2D eigenvalue weighted by Gasteiger charge is 2.11. The Kier molecular flexibility index (Phi) is 3.80. The van der Waals surface area contributed by atoms with E-state index in [-0.39, 0.29) is 5.89 Å². The van der Waals surface area contributed by atoms with Crippen LogP contribution in [0.5, 0.6) is 0 Å². The summed E-state index contributed by atoms with van der Waals surface area (Å²) in [5.41, 5.74) is 1.60. The second-order valence-corrected chi connectivity index (χ2v) is 5.15. The van der Waals surface area contributed by atoms with E-state index in [4.69, 9.17) is 9.05 Å². The van der Waals surface area contributed by atoms with Gasteiger partial charge in [-0.25, -0.2) is 9.36 Å². The van der Waals surface area contributed by atoms with E-state index in [2.05, 4.69) is 15.3 Å². The van der Waals surface area contributed by atoms with E-state index >= 15 is 0 Å². The van der Waals surface area contributed by atoms with Gasteiger partial charge in [-0.3, -0.25) is 4.52 Å². The third kappa shape index (κ3) is 3.02. The molecular weight excluding hydrogens is 320 g/mol. The Hall–Kier alpha value is -3.74. The largest absolute Gasteiger partial charge is 0.446 e. The van der Waals surface area contributed by atoms with Gasteiger partial charge in [0.15, 0.2) is 5.82 Å². The van der Waals surface area contributed by atoms with Gasteiger partial charge in [0.25, 0.3) is 5.89 Å². The number of hydrogen-bond donors (Lipinski definition) is 0. The standard InChI is InChI=1S/C18H12N4O3/c23-18-22(17(21-25-18)14-9-5-2-6-10-14)12-11-15-19-16(20-24-15)13-7-3-1-4-8-13/h1-12H. The van der Waals surface area contributed by atoms with Crippen LogP contribution >= 0.6 is 0 Å². The Morgan fingerprint density at radius 1 is 0.840 bits per heavy atom. The van der Waals surface area contributed by atoms with Crippen LogP contribution in [0.3, 0.4) is 0 Å². The van der Waals surface area contributed by atoms with E-state index in [1.54, 1.807) is 0 Å². The summed E-state index contributed by atoms with van der Waals surface area (Å²) in [6, 6.07) is 18.7. The molecule has 0 fully saturated rings. The number of aromatic nitrogens is 4. The molecular formula is C18H12N4O3. The van der Waals surface area contributed by atoms with Crippen LogP contribution in [0.4, 0.5) is 0 Å². The minimum atomic E-state index is -0.599. The molecule has 0 aliphatic rings. The third-order valence-electron chi connectivity index (χ3n) is 3.51. The molecule has 0 radical (unpaired) electrons. The van der Waals surface area contributed by atoms with Crippen LogP contribution in [0.1, 0.15) is 5.89 Å². The zero-order chi connectivity index (χ0) is 17.1. The summed E-state index contributed by atoms with van der Waals surface area (Å²) in [6.45, 7) is 0. The van der Waals surface area contributed by atoms with Crippen molar-refractivity contribution < 1.29 is 9.05 Å². The molecule has 0 atom stereocenters. The highest BCUT2D eigenvalue weighted by Crippen LogP contribution is 2.17. The topological polar surface area (TPSA) is 87.0 Å². The lowest BCUT2D eigenvalue weighted by atomic mass is 10.2. The third-order valence-corrected chi connectivity index (χ3v) is 3.51. The van der Waals surface area contributed by atoms with Crippen LogP contribution < -0.4 is 5.76 Å². The SMILES string of the molecule is O=c1onc(-c2ccccc2)n1C=Cc1nc(-c2ccccc2)no1. The van der Waals surface area contributed by atoms with Crippen LogP contribution in [0.15, 0.2) is 74.5 Å². The van der Waals surface area contributed by atoms with E-state index in [9.17, 15) is 4.79 Å². The van der Waals surface area contributed by atoms with Crippen LogP contribution in [-0.4, -0.2) is 19.9 Å². The van der Waals surface area contributed by atoms with E-state index in [0.29, 0.717) is 11.6 Å². The van der Waals surface area contributed by atoms with Crippen molar-refractivity contribution in [3.8, 4) is 22.8 Å². The summed E-state index contributed by atoms with van der Waals surface area (Å²) in [5, 5.41) is 7.73. The number of nitrogens with zero attached hydrogens (tertiary/aromatic N) is 4. The Labute approximate surface area is 141 Å². The molecule has 0 spiro atoms. The molecule has 0 aliphatic carbocycles. The molecule has 4 rings (SSSR count). The molecule has 2 aromatic heterocycles. The van der Waals surface area contributed by atoms with Crippen molar-refractivity contribution in [3.63, 3.8) is 0 Å². The molecule has 4 aromatic rings. The molecule has 0 saturated heterocycles. The van der Waals surface area contributed by atoms with Crippen LogP contribution in [0, 0.1) is 0 Å². The molecule has 0 amide bonds. The minimum absolute atomic E-state index is 0.269. The Morgan fingerprint density at radius 2 is 1.52 bits per heavy atom. The first-order chi connectivity index (χ1) is 12.3. The average Bonchev–Trinajstić information content (AvgIpc) is 3.28. The second-order valence-electron chi connectivity index (χ2n) is 5.15. The second kappa shape index (κ2) is 6.40. The molecule has 7 nitrogen and oxygen atoms in total. The van der Waals surface area contributed by atoms with Crippen molar-refractivity contribution >= 4 is 12.3 Å². The molecule has 7 heteroatoms. The van der Waals surface area contributed by atoms with Crippen molar-refractivity contribution in [2.75, 3.05) is 0 Å². The van der Waals surface area contributed by atoms with E-state index in [1.165, 1.54) is 16.8 Å². The van der Waals surface area contributed by atoms with Gasteiger partial charge in [-0.05, 0) is 0 Å². The van der Waals surface area contributed by atoms with Crippen molar-refractivity contribution in [1.82, 2.24) is 19.9 Å². The van der Waals surface area contributed by atoms with Crippen molar-refractivity contribution in [3.05, 3.63) is 77.1 Å². The number of hydrogen-bond acceptors (Lipinski definition) is 6. The number of rotatable bonds is 4. The van der Waals surface area contributed by atoms with E-state index in [1.807, 2.05) is 60.7 Å². The first-order valence-corrected chi connectivity index (χ1v) is 7.52. The molecule has 0 N–H and O–H groups in total. The lowest BCUT2D eigenvalue weighted by Crippen LogP contribution is -2.09. The fourth-order valence-electron chi connectivity index (χ4n) is 2.31. The fraction of sp³-hybridized carbons (Fsp3) is 0. The van der Waals surface area contributed by atoms with Crippen molar-refractivity contribution in [1.29, 1.82) is 0 Å². The van der Waals surface area contributed by atoms with E-state index < -0.39 is 5.76 Å². The molecule has 0 saturated carbocycles. The Morgan fingerprint density at radius 3 is 2.24 bits per heavy atom. The quantitative estimate of drug-likeness (QED) is 0.570. The van der Waals surface area contributed by atoms with Crippen molar-refractivity contribution in [2.24, 2.45) is 0 Å². The lowest BCUT2D eigenvalue weighted by molar-refractivity contribution is 0.384. The van der Waals surface area contributed by atoms with Gasteiger partial charge in [-0.1, -0.05) is 71.0 Å². The maximum absolute atomic E-state index is 11.9. The lowest BCUT2D eigenvalue weighted by Gasteiger charge is -1.97. The van der Waals surface area contributed by atoms with Gasteiger partial charge in [-0.2, -0.15) is 4.98 Å². The zero-order valence-corrected chi connectivity index (χ0v) is 12.9. The molecule has 25 heavy (non-hydrogen) atoms. The van der Waals surface area contributed by atoms with Crippen LogP contribution in [0.25, 0.3) is 35.1 Å². The monoisotopic (exact) mass is 332 g/mol. The van der Waals surface area contributed by atoms with Gasteiger partial charge in [-0.15, -0.1) is 0 Å². The maximum Gasteiger partial charge on any atom is 0.446 e. The van der Waals surface area contributed by atoms with Crippen molar-refractivity contribution in [2.45, 2.75) is 0 Å². The summed E-state index contributed by atoms with van der Waals surface area (Å²) in [4.78, 5) is 16.2. The highest BCUT2D eigenvalue weighted by atomic mass is 16.5. The van der Waals surface area contributed by atoms with Gasteiger partial charge in [0.05, 0.1) is 0 Å². The maximum atomic E-state index is 11.9. The summed E-state index contributed by atoms with van der Waals surface area (Å²) in [7, 11) is 0. The highest BCUT2D eigenvalue weighted by molar-refractivity contribution is 5.63. The molecule has 0 aliphatic heterocycles. The summed E-state index contributed by atoms with van der Waals surface area (Å²) >= 11 is 0. The summed E-state index contributed by atoms with van der Waals surface area (Å²) in [5.74, 6) is 0.537. The van der Waals surface area contributed by atoms with Gasteiger partial charge in [0.1, 0.15) is 0 Å². The Bertz CT molecular complexity index is 1060. The molecule has 0 unspecified atom stereocenters. The minimum Gasteiger partial charge on any atom is -0.334 e. The number of benzene rings is 2. The van der Waals surface area contributed by atoms with Gasteiger partial charge in [0, 0.05) is 23.4 Å². The van der Waals surface area contributed by atoms with Gasteiger partial charge < -0.3 is 4.52 Å². The average molecular weight is 332 g/mol. The first-order valence-electron chi connectivity index (χ1n) is 7.52. The summed E-state index contributed by atoms with van der Waals surface area (Å²) in [6.07, 6.45) is 3.02. The fourth-order valence-corrected chi connectivity index (χ4v) is 2.31. The van der Waals surface area contributed by atoms with Gasteiger partial charge >= 0.3 is 5.76 Å². The summed E-state index contributed by atoms with van der Waals surface area (Å²) < 4.78 is 11.2. The normalized spacial score (nSPS) is 11.2. The molecule has 122 valence electrons. The van der Waals surface area contributed by atoms with Gasteiger partial charge in [0.2, 0.25) is 5.82 Å². The molecule has 0 bridgehead atoms. The van der Waals surface area contributed by atoms with E-state index in [0.717, 1.165) is 11.1 Å². The molecule has 2 heterocycles. The molecule has 2 aromatic carbocycles. The van der Waals surface area contributed by atoms with Crippen LogP contribution in [-0.2, 0) is 0 Å².